The van der Waals surface area contributed by atoms with Crippen LogP contribution >= 0.6 is 0 Å². The number of carbonyl (C=O) groups excluding carboxylic acids is 2. The molecule has 1 saturated heterocycles. The van der Waals surface area contributed by atoms with Crippen LogP contribution in [-0.4, -0.2) is 56.9 Å². The zero-order chi connectivity index (χ0) is 25.2. The first-order chi connectivity index (χ1) is 16.5. The van der Waals surface area contributed by atoms with Gasteiger partial charge in [0.25, 0.3) is 0 Å². The fourth-order valence-corrected chi connectivity index (χ4v) is 8.36. The van der Waals surface area contributed by atoms with Crippen molar-refractivity contribution in [2.45, 2.75) is 90.1 Å². The number of allylic oxidation sites excluding steroid dienone is 2. The maximum absolute atomic E-state index is 13.5. The first kappa shape index (κ1) is 25.2. The van der Waals surface area contributed by atoms with Crippen LogP contribution in [-0.2, 0) is 33.3 Å². The Morgan fingerprint density at radius 1 is 0.914 bits per heavy atom. The molecule has 5 rings (SSSR count). The average Bonchev–Trinajstić information content (AvgIpc) is 3.40. The molecule has 0 aromatic heterocycles. The van der Waals surface area contributed by atoms with Gasteiger partial charge in [0.05, 0.1) is 51.0 Å². The highest BCUT2D eigenvalue weighted by atomic mass is 16.7. The van der Waals surface area contributed by atoms with Crippen LogP contribution in [0.1, 0.15) is 72.6 Å². The zero-order valence-electron chi connectivity index (χ0n) is 22.2. The van der Waals surface area contributed by atoms with Gasteiger partial charge in [0.1, 0.15) is 0 Å². The summed E-state index contributed by atoms with van der Waals surface area (Å²) in [7, 11) is 2.85. The van der Waals surface area contributed by atoms with E-state index in [1.807, 2.05) is 0 Å². The van der Waals surface area contributed by atoms with Gasteiger partial charge < -0.3 is 23.7 Å². The quantitative estimate of drug-likeness (QED) is 0.428. The molecule has 0 radical (unpaired) electrons. The van der Waals surface area contributed by atoms with Gasteiger partial charge in [-0.3, -0.25) is 9.59 Å². The van der Waals surface area contributed by atoms with Crippen molar-refractivity contribution < 1.29 is 33.3 Å². The van der Waals surface area contributed by atoms with Gasteiger partial charge in [-0.2, -0.15) is 0 Å². The molecule has 5 aliphatic rings. The summed E-state index contributed by atoms with van der Waals surface area (Å²) in [4.78, 5) is 26.9. The summed E-state index contributed by atoms with van der Waals surface area (Å²) in [6, 6.07) is 0. The molecule has 0 aromatic carbocycles. The van der Waals surface area contributed by atoms with Crippen molar-refractivity contribution in [3.63, 3.8) is 0 Å². The smallest absolute Gasteiger partial charge is 0.310 e. The molecule has 7 nitrogen and oxygen atoms in total. The van der Waals surface area contributed by atoms with E-state index >= 15 is 0 Å². The lowest BCUT2D eigenvalue weighted by molar-refractivity contribution is -0.194. The number of ether oxygens (including phenoxy) is 5. The van der Waals surface area contributed by atoms with Gasteiger partial charge >= 0.3 is 11.9 Å². The summed E-state index contributed by atoms with van der Waals surface area (Å²) in [6.07, 6.45) is 6.29. The second-order valence-electron chi connectivity index (χ2n) is 12.5. The summed E-state index contributed by atoms with van der Waals surface area (Å²) in [6.45, 7) is 9.81. The normalized spacial score (nSPS) is 40.2. The van der Waals surface area contributed by atoms with Crippen molar-refractivity contribution >= 4 is 11.9 Å². The van der Waals surface area contributed by atoms with E-state index < -0.39 is 17.6 Å². The first-order valence-corrected chi connectivity index (χ1v) is 13.4. The lowest BCUT2D eigenvalue weighted by Gasteiger charge is -2.55. The molecule has 3 saturated carbocycles. The molecule has 7 heteroatoms. The number of esters is 2. The summed E-state index contributed by atoms with van der Waals surface area (Å²) in [5, 5.41) is 0. The van der Waals surface area contributed by atoms with E-state index in [2.05, 4.69) is 27.7 Å². The molecule has 1 heterocycles. The Hall–Kier alpha value is -1.44. The Balaban J connectivity index is 1.59. The average molecular weight is 491 g/mol. The monoisotopic (exact) mass is 490 g/mol. The molecule has 1 aliphatic heterocycles. The molecule has 35 heavy (non-hydrogen) atoms. The van der Waals surface area contributed by atoms with Crippen molar-refractivity contribution in [2.75, 3.05) is 27.4 Å². The van der Waals surface area contributed by atoms with Crippen LogP contribution in [0.3, 0.4) is 0 Å². The van der Waals surface area contributed by atoms with Crippen molar-refractivity contribution in [3.8, 4) is 0 Å². The standard InChI is InChI=1S/C28H42O7/c1-26(2,3)35-20-8-7-19-21-17(9-11-27(19,20)4)16-10-12-28(33-13-14-34-28)15-18(16)22(24(29)31-5)23(21)25(30)32-6/h18-23H,7-15H2,1-6H3/t18?,19-,20-,21?,22?,23?,27-/m0/s1. The third-order valence-electron chi connectivity index (χ3n) is 9.72. The number of rotatable bonds is 3. The van der Waals surface area contributed by atoms with Gasteiger partial charge in [-0.15, -0.1) is 0 Å². The lowest BCUT2D eigenvalue weighted by atomic mass is 9.50. The van der Waals surface area contributed by atoms with E-state index in [1.54, 1.807) is 0 Å². The van der Waals surface area contributed by atoms with Crippen LogP contribution in [0.2, 0.25) is 0 Å². The Labute approximate surface area is 209 Å². The molecule has 0 aromatic rings. The molecule has 4 unspecified atom stereocenters. The molecule has 4 fully saturated rings. The highest BCUT2D eigenvalue weighted by Crippen LogP contribution is 2.65. The number of methoxy groups -OCH3 is 2. The van der Waals surface area contributed by atoms with Crippen molar-refractivity contribution in [1.29, 1.82) is 0 Å². The molecule has 1 spiro atoms. The predicted molar refractivity (Wildman–Crippen MR) is 128 cm³/mol. The van der Waals surface area contributed by atoms with Crippen LogP contribution in [0, 0.1) is 35.0 Å². The van der Waals surface area contributed by atoms with Gasteiger partial charge in [0, 0.05) is 12.8 Å². The van der Waals surface area contributed by atoms with Gasteiger partial charge in [-0.05, 0) is 76.0 Å². The highest BCUT2D eigenvalue weighted by Gasteiger charge is 2.63. The van der Waals surface area contributed by atoms with Crippen LogP contribution in [0.5, 0.6) is 0 Å². The maximum Gasteiger partial charge on any atom is 0.310 e. The SMILES string of the molecule is COC(=O)C1C2CC3(CCC2=C2CC[C@]4(C)[C@@H](OC(C)(C)C)CC[C@H]4C2C1C(=O)OC)OCCO3. The van der Waals surface area contributed by atoms with E-state index in [0.29, 0.717) is 19.6 Å². The summed E-state index contributed by atoms with van der Waals surface area (Å²) in [5.74, 6) is -2.34. The topological polar surface area (TPSA) is 80.3 Å². The van der Waals surface area contributed by atoms with Gasteiger partial charge in [0.2, 0.25) is 0 Å². The number of fused-ring (bicyclic) bond motifs is 4. The second kappa shape index (κ2) is 8.84. The first-order valence-electron chi connectivity index (χ1n) is 13.4. The molecular weight excluding hydrogens is 448 g/mol. The van der Waals surface area contributed by atoms with E-state index in [9.17, 15) is 9.59 Å². The Morgan fingerprint density at radius 3 is 2.17 bits per heavy atom. The third-order valence-corrected chi connectivity index (χ3v) is 9.72. The summed E-state index contributed by atoms with van der Waals surface area (Å²) < 4.78 is 29.4. The summed E-state index contributed by atoms with van der Waals surface area (Å²) >= 11 is 0. The van der Waals surface area contributed by atoms with Crippen LogP contribution in [0.25, 0.3) is 0 Å². The lowest BCUT2D eigenvalue weighted by Crippen LogP contribution is -2.55. The minimum atomic E-state index is -0.656. The van der Waals surface area contributed by atoms with E-state index in [-0.39, 0.29) is 46.8 Å². The molecule has 4 aliphatic carbocycles. The second-order valence-corrected chi connectivity index (χ2v) is 12.5. The minimum absolute atomic E-state index is 0.0235. The van der Waals surface area contributed by atoms with Gasteiger partial charge in [-0.25, -0.2) is 0 Å². The summed E-state index contributed by atoms with van der Waals surface area (Å²) in [5.41, 5.74) is 2.46. The number of carbonyl (C=O) groups is 2. The Kier molecular flexibility index (Phi) is 6.37. The van der Waals surface area contributed by atoms with Crippen LogP contribution < -0.4 is 0 Å². The van der Waals surface area contributed by atoms with E-state index in [0.717, 1.165) is 38.5 Å². The van der Waals surface area contributed by atoms with Crippen LogP contribution in [0.4, 0.5) is 0 Å². The Morgan fingerprint density at radius 2 is 1.54 bits per heavy atom. The molecule has 0 N–H and O–H groups in total. The fraction of sp³-hybridized carbons (Fsp3) is 0.857. The van der Waals surface area contributed by atoms with Gasteiger partial charge in [0.15, 0.2) is 5.79 Å². The fourth-order valence-electron chi connectivity index (χ4n) is 8.36. The number of hydrogen-bond donors (Lipinski definition) is 0. The van der Waals surface area contributed by atoms with Crippen molar-refractivity contribution in [1.82, 2.24) is 0 Å². The van der Waals surface area contributed by atoms with Crippen molar-refractivity contribution in [2.24, 2.45) is 35.0 Å². The minimum Gasteiger partial charge on any atom is -0.469 e. The molecule has 0 bridgehead atoms. The van der Waals surface area contributed by atoms with E-state index in [4.69, 9.17) is 23.7 Å². The number of hydrogen-bond acceptors (Lipinski definition) is 7. The molecule has 0 amide bonds. The van der Waals surface area contributed by atoms with Crippen molar-refractivity contribution in [3.05, 3.63) is 11.1 Å². The zero-order valence-corrected chi connectivity index (χ0v) is 22.2. The molecular formula is C28H42O7. The largest absolute Gasteiger partial charge is 0.469 e. The molecule has 7 atom stereocenters. The third kappa shape index (κ3) is 4.06. The van der Waals surface area contributed by atoms with Crippen LogP contribution in [0.15, 0.2) is 11.1 Å². The van der Waals surface area contributed by atoms with E-state index in [1.165, 1.54) is 25.4 Å². The Bertz CT molecular complexity index is 895. The van der Waals surface area contributed by atoms with Gasteiger partial charge in [-0.1, -0.05) is 18.1 Å². The maximum atomic E-state index is 13.5. The highest BCUT2D eigenvalue weighted by molar-refractivity contribution is 5.84. The predicted octanol–water partition coefficient (Wildman–Crippen LogP) is 4.43. The molecule has 196 valence electrons.